The standard InChI is InChI=1S/C11H9N3O/c15-7-1-2-10-3-5-11(6-4-10)14-8-12-13-9-14/h1-9H. The van der Waals surface area contributed by atoms with E-state index in [1.165, 1.54) is 6.08 Å². The van der Waals surface area contributed by atoms with Gasteiger partial charge in [0, 0.05) is 5.69 Å². The zero-order valence-electron chi connectivity index (χ0n) is 7.95. The van der Waals surface area contributed by atoms with E-state index in [1.807, 2.05) is 28.8 Å². The number of hydrogen-bond acceptors (Lipinski definition) is 3. The third-order valence-electron chi connectivity index (χ3n) is 1.98. The first-order valence-electron chi connectivity index (χ1n) is 4.47. The largest absolute Gasteiger partial charge is 0.299 e. The van der Waals surface area contributed by atoms with Gasteiger partial charge >= 0.3 is 0 Å². The number of aldehydes is 1. The van der Waals surface area contributed by atoms with Gasteiger partial charge in [-0.2, -0.15) is 0 Å². The highest BCUT2D eigenvalue weighted by Crippen LogP contribution is 2.09. The van der Waals surface area contributed by atoms with Crippen molar-refractivity contribution in [3.05, 3.63) is 48.6 Å². The molecule has 0 saturated heterocycles. The molecule has 0 aliphatic carbocycles. The van der Waals surface area contributed by atoms with Crippen molar-refractivity contribution in [1.29, 1.82) is 0 Å². The lowest BCUT2D eigenvalue weighted by Gasteiger charge is -2.00. The van der Waals surface area contributed by atoms with Crippen LogP contribution in [0.2, 0.25) is 0 Å². The second-order valence-corrected chi connectivity index (χ2v) is 2.96. The van der Waals surface area contributed by atoms with E-state index < -0.39 is 0 Å². The van der Waals surface area contributed by atoms with Gasteiger partial charge in [-0.3, -0.25) is 9.36 Å². The van der Waals surface area contributed by atoms with Gasteiger partial charge in [0.05, 0.1) is 0 Å². The minimum absolute atomic E-state index is 0.758. The molecule has 0 aliphatic heterocycles. The third-order valence-corrected chi connectivity index (χ3v) is 1.98. The Morgan fingerprint density at radius 3 is 2.33 bits per heavy atom. The molecule has 4 heteroatoms. The van der Waals surface area contributed by atoms with Crippen molar-refractivity contribution in [1.82, 2.24) is 14.8 Å². The Hall–Kier alpha value is -2.23. The number of hydrogen-bond donors (Lipinski definition) is 0. The number of carbonyl (C=O) groups excluding carboxylic acids is 1. The Morgan fingerprint density at radius 2 is 1.73 bits per heavy atom. The van der Waals surface area contributed by atoms with Crippen molar-refractivity contribution >= 4 is 12.4 Å². The molecule has 2 aromatic rings. The summed E-state index contributed by atoms with van der Waals surface area (Å²) in [7, 11) is 0. The SMILES string of the molecule is O=CC=Cc1ccc(-n2cnnc2)cc1. The summed E-state index contributed by atoms with van der Waals surface area (Å²) in [4.78, 5) is 10.1. The molecule has 74 valence electrons. The molecule has 0 fully saturated rings. The summed E-state index contributed by atoms with van der Waals surface area (Å²) in [6, 6.07) is 7.73. The van der Waals surface area contributed by atoms with E-state index in [4.69, 9.17) is 0 Å². The molecule has 1 aromatic heterocycles. The van der Waals surface area contributed by atoms with E-state index in [1.54, 1.807) is 18.7 Å². The van der Waals surface area contributed by atoms with Gasteiger partial charge in [-0.1, -0.05) is 18.2 Å². The molecule has 1 heterocycles. The summed E-state index contributed by atoms with van der Waals surface area (Å²) in [5.41, 5.74) is 1.97. The number of rotatable bonds is 3. The highest BCUT2D eigenvalue weighted by molar-refractivity contribution is 5.73. The van der Waals surface area contributed by atoms with Gasteiger partial charge in [0.2, 0.25) is 0 Å². The van der Waals surface area contributed by atoms with Gasteiger partial charge in [-0.05, 0) is 23.8 Å². The lowest BCUT2D eigenvalue weighted by atomic mass is 10.2. The highest BCUT2D eigenvalue weighted by Gasteiger charge is 1.94. The van der Waals surface area contributed by atoms with E-state index in [0.29, 0.717) is 0 Å². The summed E-state index contributed by atoms with van der Waals surface area (Å²) in [5.74, 6) is 0. The first-order valence-corrected chi connectivity index (χ1v) is 4.47. The molecule has 0 radical (unpaired) electrons. The smallest absolute Gasteiger partial charge is 0.142 e. The fourth-order valence-electron chi connectivity index (χ4n) is 1.24. The molecule has 15 heavy (non-hydrogen) atoms. The minimum atomic E-state index is 0.758. The van der Waals surface area contributed by atoms with Crippen molar-refractivity contribution in [2.75, 3.05) is 0 Å². The molecule has 0 atom stereocenters. The van der Waals surface area contributed by atoms with E-state index in [2.05, 4.69) is 10.2 Å². The molecule has 0 unspecified atom stereocenters. The fourth-order valence-corrected chi connectivity index (χ4v) is 1.24. The average Bonchev–Trinajstić information content (AvgIpc) is 2.80. The van der Waals surface area contributed by atoms with Crippen LogP contribution in [0.1, 0.15) is 5.56 Å². The Labute approximate surface area is 86.9 Å². The number of aromatic nitrogens is 3. The monoisotopic (exact) mass is 199 g/mol. The van der Waals surface area contributed by atoms with Gasteiger partial charge < -0.3 is 0 Å². The zero-order chi connectivity index (χ0) is 10.5. The molecule has 0 aliphatic rings. The molecule has 4 nitrogen and oxygen atoms in total. The van der Waals surface area contributed by atoms with Crippen LogP contribution >= 0.6 is 0 Å². The number of carbonyl (C=O) groups is 1. The van der Waals surface area contributed by atoms with Gasteiger partial charge in [-0.15, -0.1) is 10.2 Å². The summed E-state index contributed by atoms with van der Waals surface area (Å²) in [6.45, 7) is 0. The Balaban J connectivity index is 2.24. The van der Waals surface area contributed by atoms with Crippen LogP contribution in [0.25, 0.3) is 11.8 Å². The molecule has 0 bridgehead atoms. The average molecular weight is 199 g/mol. The normalized spacial score (nSPS) is 10.7. The quantitative estimate of drug-likeness (QED) is 0.555. The second kappa shape index (κ2) is 4.32. The van der Waals surface area contributed by atoms with E-state index >= 15 is 0 Å². The van der Waals surface area contributed by atoms with Crippen LogP contribution in [0.4, 0.5) is 0 Å². The van der Waals surface area contributed by atoms with Crippen molar-refractivity contribution in [3.63, 3.8) is 0 Å². The van der Waals surface area contributed by atoms with Gasteiger partial charge in [0.25, 0.3) is 0 Å². The highest BCUT2D eigenvalue weighted by atomic mass is 16.1. The van der Waals surface area contributed by atoms with Crippen LogP contribution in [-0.4, -0.2) is 21.1 Å². The zero-order valence-corrected chi connectivity index (χ0v) is 7.95. The molecule has 0 amide bonds. The Kier molecular flexibility index (Phi) is 2.69. The van der Waals surface area contributed by atoms with Crippen LogP contribution in [0.15, 0.2) is 43.0 Å². The Morgan fingerprint density at radius 1 is 1.07 bits per heavy atom. The van der Waals surface area contributed by atoms with Gasteiger partial charge in [-0.25, -0.2) is 0 Å². The van der Waals surface area contributed by atoms with Crippen molar-refractivity contribution < 1.29 is 4.79 Å². The first-order chi connectivity index (χ1) is 7.40. The molecule has 2 rings (SSSR count). The Bertz CT molecular complexity index is 457. The second-order valence-electron chi connectivity index (χ2n) is 2.96. The number of nitrogens with zero attached hydrogens (tertiary/aromatic N) is 3. The van der Waals surface area contributed by atoms with Crippen molar-refractivity contribution in [2.45, 2.75) is 0 Å². The fraction of sp³-hybridized carbons (Fsp3) is 0. The lowest BCUT2D eigenvalue weighted by molar-refractivity contribution is -0.104. The number of benzene rings is 1. The molecule has 0 saturated carbocycles. The maximum atomic E-state index is 10.1. The first kappa shape index (κ1) is 9.33. The summed E-state index contributed by atoms with van der Waals surface area (Å²) < 4.78 is 1.81. The van der Waals surface area contributed by atoms with Crippen LogP contribution in [0.3, 0.4) is 0 Å². The van der Waals surface area contributed by atoms with Crippen LogP contribution in [0, 0.1) is 0 Å². The van der Waals surface area contributed by atoms with Crippen LogP contribution < -0.4 is 0 Å². The topological polar surface area (TPSA) is 47.8 Å². The predicted molar refractivity (Wildman–Crippen MR) is 56.5 cm³/mol. The lowest BCUT2D eigenvalue weighted by Crippen LogP contribution is -1.89. The van der Waals surface area contributed by atoms with Gasteiger partial charge in [0.15, 0.2) is 0 Å². The minimum Gasteiger partial charge on any atom is -0.299 e. The molecule has 0 N–H and O–H groups in total. The molecular formula is C11H9N3O. The maximum Gasteiger partial charge on any atom is 0.142 e. The van der Waals surface area contributed by atoms with Crippen molar-refractivity contribution in [3.8, 4) is 5.69 Å². The summed E-state index contributed by atoms with van der Waals surface area (Å²) in [5, 5.41) is 7.45. The predicted octanol–water partition coefficient (Wildman–Crippen LogP) is 1.48. The third kappa shape index (κ3) is 2.17. The number of allylic oxidation sites excluding steroid dienone is 1. The van der Waals surface area contributed by atoms with Crippen LogP contribution in [0.5, 0.6) is 0 Å². The van der Waals surface area contributed by atoms with Crippen molar-refractivity contribution in [2.24, 2.45) is 0 Å². The van der Waals surface area contributed by atoms with E-state index in [9.17, 15) is 4.79 Å². The molecular weight excluding hydrogens is 190 g/mol. The van der Waals surface area contributed by atoms with E-state index in [-0.39, 0.29) is 0 Å². The summed E-state index contributed by atoms with van der Waals surface area (Å²) in [6.07, 6.45) is 7.25. The van der Waals surface area contributed by atoms with E-state index in [0.717, 1.165) is 17.5 Å². The summed E-state index contributed by atoms with van der Waals surface area (Å²) >= 11 is 0. The van der Waals surface area contributed by atoms with Crippen LogP contribution in [-0.2, 0) is 4.79 Å². The molecule has 1 aromatic carbocycles. The van der Waals surface area contributed by atoms with Gasteiger partial charge in [0.1, 0.15) is 18.9 Å². The maximum absolute atomic E-state index is 10.1. The molecule has 0 spiro atoms.